The van der Waals surface area contributed by atoms with Gasteiger partial charge in [0.05, 0.1) is 18.4 Å². The highest BCUT2D eigenvalue weighted by atomic mass is 32.1. The van der Waals surface area contributed by atoms with E-state index in [-0.39, 0.29) is 10.6 Å². The maximum atomic E-state index is 9.29. The standard InChI is InChI=1S/C20H16N4OS/c1-25-18-9-5-6-14(11-18)19-16(10-15(12-21)20(22)26)13-24(23-19)17-7-3-2-4-8-17/h2-11,13H,1H3,(H2,22,26)/b15-10-. The normalized spacial score (nSPS) is 11.0. The second-order valence-electron chi connectivity index (χ2n) is 5.48. The smallest absolute Gasteiger partial charge is 0.119 e. The molecular weight excluding hydrogens is 344 g/mol. The third kappa shape index (κ3) is 3.63. The number of aromatic nitrogens is 2. The molecule has 0 unspecified atom stereocenters. The summed E-state index contributed by atoms with van der Waals surface area (Å²) < 4.78 is 7.06. The SMILES string of the molecule is COc1cccc(-c2nn(-c3ccccc3)cc2/C=C(/C#N)C(N)=S)c1. The number of ether oxygens (including phenoxy) is 1. The maximum absolute atomic E-state index is 9.29. The van der Waals surface area contributed by atoms with Crippen molar-refractivity contribution in [2.45, 2.75) is 0 Å². The largest absolute Gasteiger partial charge is 0.497 e. The Balaban J connectivity index is 2.19. The van der Waals surface area contributed by atoms with E-state index in [1.54, 1.807) is 17.9 Å². The van der Waals surface area contributed by atoms with Gasteiger partial charge in [-0.25, -0.2) is 4.68 Å². The van der Waals surface area contributed by atoms with Gasteiger partial charge in [-0.1, -0.05) is 42.5 Å². The van der Waals surface area contributed by atoms with E-state index >= 15 is 0 Å². The lowest BCUT2D eigenvalue weighted by molar-refractivity contribution is 0.415. The van der Waals surface area contributed by atoms with E-state index in [4.69, 9.17) is 27.8 Å². The van der Waals surface area contributed by atoms with Gasteiger partial charge in [-0.05, 0) is 30.3 Å². The van der Waals surface area contributed by atoms with Crippen LogP contribution in [-0.4, -0.2) is 21.9 Å². The van der Waals surface area contributed by atoms with Crippen LogP contribution in [0.4, 0.5) is 0 Å². The molecule has 0 saturated heterocycles. The number of hydrogen-bond donors (Lipinski definition) is 1. The van der Waals surface area contributed by atoms with Crippen molar-refractivity contribution in [2.24, 2.45) is 5.73 Å². The van der Waals surface area contributed by atoms with Crippen molar-refractivity contribution in [3.05, 3.63) is 71.9 Å². The Morgan fingerprint density at radius 3 is 2.65 bits per heavy atom. The van der Waals surface area contributed by atoms with E-state index in [0.717, 1.165) is 22.6 Å². The molecule has 3 aromatic rings. The zero-order valence-corrected chi connectivity index (χ0v) is 14.9. The molecule has 0 atom stereocenters. The zero-order chi connectivity index (χ0) is 18.5. The molecule has 0 aliphatic carbocycles. The minimum atomic E-state index is 0.0524. The van der Waals surface area contributed by atoms with Crippen molar-refractivity contribution in [2.75, 3.05) is 7.11 Å². The monoisotopic (exact) mass is 360 g/mol. The van der Waals surface area contributed by atoms with Crippen LogP contribution in [0.15, 0.2) is 66.4 Å². The molecule has 128 valence electrons. The van der Waals surface area contributed by atoms with Gasteiger partial charge in [-0.15, -0.1) is 0 Å². The van der Waals surface area contributed by atoms with E-state index in [1.807, 2.05) is 66.9 Å². The quantitative estimate of drug-likeness (QED) is 0.426. The first kappa shape index (κ1) is 17.4. The number of benzene rings is 2. The predicted octanol–water partition coefficient (Wildman–Crippen LogP) is 3.74. The molecule has 0 fully saturated rings. The molecule has 0 aliphatic rings. The second kappa shape index (κ2) is 7.64. The Morgan fingerprint density at radius 1 is 1.23 bits per heavy atom. The maximum Gasteiger partial charge on any atom is 0.119 e. The summed E-state index contributed by atoms with van der Waals surface area (Å²) in [5.74, 6) is 0.724. The van der Waals surface area contributed by atoms with Crippen molar-refractivity contribution in [1.29, 1.82) is 5.26 Å². The number of para-hydroxylation sites is 1. The molecular formula is C20H16N4OS. The number of hydrogen-bond acceptors (Lipinski definition) is 4. The summed E-state index contributed by atoms with van der Waals surface area (Å²) in [6.07, 6.45) is 3.50. The van der Waals surface area contributed by atoms with E-state index in [9.17, 15) is 5.26 Å². The number of nitrogens with zero attached hydrogens (tertiary/aromatic N) is 3. The molecule has 0 amide bonds. The highest BCUT2D eigenvalue weighted by Crippen LogP contribution is 2.28. The van der Waals surface area contributed by atoms with Gasteiger partial charge >= 0.3 is 0 Å². The van der Waals surface area contributed by atoms with Gasteiger partial charge in [0, 0.05) is 17.3 Å². The molecule has 1 aromatic heterocycles. The van der Waals surface area contributed by atoms with Crippen molar-refractivity contribution in [3.8, 4) is 28.8 Å². The Hall–Kier alpha value is -3.43. The summed E-state index contributed by atoms with van der Waals surface area (Å²) in [6.45, 7) is 0. The summed E-state index contributed by atoms with van der Waals surface area (Å²) in [4.78, 5) is 0.0524. The van der Waals surface area contributed by atoms with Crippen molar-refractivity contribution in [1.82, 2.24) is 9.78 Å². The molecule has 5 nitrogen and oxygen atoms in total. The average Bonchev–Trinajstić information content (AvgIpc) is 3.10. The van der Waals surface area contributed by atoms with Crippen molar-refractivity contribution < 1.29 is 4.74 Å². The first-order valence-corrected chi connectivity index (χ1v) is 8.24. The molecule has 3 rings (SSSR count). The van der Waals surface area contributed by atoms with E-state index in [1.165, 1.54) is 0 Å². The van der Waals surface area contributed by atoms with Crippen LogP contribution in [0.25, 0.3) is 23.0 Å². The van der Waals surface area contributed by atoms with Crippen LogP contribution in [0, 0.1) is 11.3 Å². The van der Waals surface area contributed by atoms with Gasteiger partial charge < -0.3 is 10.5 Å². The fourth-order valence-electron chi connectivity index (χ4n) is 2.51. The van der Waals surface area contributed by atoms with Gasteiger partial charge in [0.15, 0.2) is 0 Å². The first-order valence-electron chi connectivity index (χ1n) is 7.83. The summed E-state index contributed by atoms with van der Waals surface area (Å²) in [7, 11) is 1.61. The Kier molecular flexibility index (Phi) is 5.11. The number of thiocarbonyl (C=S) groups is 1. The molecule has 0 spiro atoms. The lowest BCUT2D eigenvalue weighted by atomic mass is 10.1. The fraction of sp³-hybridized carbons (Fsp3) is 0.0500. The molecule has 0 aliphatic heterocycles. The predicted molar refractivity (Wildman–Crippen MR) is 106 cm³/mol. The van der Waals surface area contributed by atoms with Crippen LogP contribution in [0.5, 0.6) is 5.75 Å². The van der Waals surface area contributed by atoms with Crippen molar-refractivity contribution >= 4 is 23.3 Å². The Morgan fingerprint density at radius 2 is 2.00 bits per heavy atom. The third-order valence-electron chi connectivity index (χ3n) is 3.79. The van der Waals surface area contributed by atoms with Crippen molar-refractivity contribution in [3.63, 3.8) is 0 Å². The lowest BCUT2D eigenvalue weighted by Crippen LogP contribution is -2.09. The molecule has 0 radical (unpaired) electrons. The number of nitrogens with two attached hydrogens (primary N) is 1. The summed E-state index contributed by atoms with van der Waals surface area (Å²) >= 11 is 4.95. The molecule has 2 N–H and O–H groups in total. The van der Waals surface area contributed by atoms with E-state index in [0.29, 0.717) is 5.69 Å². The molecule has 1 heterocycles. The van der Waals surface area contributed by atoms with E-state index in [2.05, 4.69) is 0 Å². The Bertz CT molecular complexity index is 1020. The number of methoxy groups -OCH3 is 1. The first-order chi connectivity index (χ1) is 12.6. The summed E-state index contributed by atoms with van der Waals surface area (Å²) in [5.41, 5.74) is 9.10. The minimum Gasteiger partial charge on any atom is -0.497 e. The topological polar surface area (TPSA) is 76.9 Å². The molecule has 26 heavy (non-hydrogen) atoms. The van der Waals surface area contributed by atoms with Crippen LogP contribution >= 0.6 is 12.2 Å². The molecule has 0 bridgehead atoms. The van der Waals surface area contributed by atoms with Gasteiger partial charge in [0.2, 0.25) is 0 Å². The second-order valence-corrected chi connectivity index (χ2v) is 5.92. The highest BCUT2D eigenvalue weighted by Gasteiger charge is 2.13. The van der Waals surface area contributed by atoms with Gasteiger partial charge in [0.25, 0.3) is 0 Å². The Labute approximate surface area is 156 Å². The summed E-state index contributed by atoms with van der Waals surface area (Å²) in [5, 5.41) is 14.0. The van der Waals surface area contributed by atoms with Gasteiger partial charge in [-0.3, -0.25) is 0 Å². The lowest BCUT2D eigenvalue weighted by Gasteiger charge is -2.03. The number of rotatable bonds is 5. The number of nitriles is 1. The van der Waals surface area contributed by atoms with Gasteiger partial charge in [-0.2, -0.15) is 10.4 Å². The zero-order valence-electron chi connectivity index (χ0n) is 14.1. The highest BCUT2D eigenvalue weighted by molar-refractivity contribution is 7.80. The summed E-state index contributed by atoms with van der Waals surface area (Å²) in [6, 6.07) is 19.3. The third-order valence-corrected chi connectivity index (χ3v) is 4.01. The van der Waals surface area contributed by atoms with E-state index < -0.39 is 0 Å². The van der Waals surface area contributed by atoms with Crippen LogP contribution in [-0.2, 0) is 0 Å². The van der Waals surface area contributed by atoms with Crippen LogP contribution < -0.4 is 10.5 Å². The molecule has 2 aromatic carbocycles. The minimum absolute atomic E-state index is 0.0524. The van der Waals surface area contributed by atoms with Crippen LogP contribution in [0.2, 0.25) is 0 Å². The van der Waals surface area contributed by atoms with Crippen LogP contribution in [0.3, 0.4) is 0 Å². The molecule has 6 heteroatoms. The van der Waals surface area contributed by atoms with Crippen LogP contribution in [0.1, 0.15) is 5.56 Å². The fourth-order valence-corrected chi connectivity index (χ4v) is 2.62. The average molecular weight is 360 g/mol. The van der Waals surface area contributed by atoms with Gasteiger partial charge in [0.1, 0.15) is 22.5 Å². The molecule has 0 saturated carbocycles.